The summed E-state index contributed by atoms with van der Waals surface area (Å²) in [7, 11) is 0. The molecule has 0 amide bonds. The lowest BCUT2D eigenvalue weighted by molar-refractivity contribution is 0.238. The molecule has 2 nitrogen and oxygen atoms in total. The lowest BCUT2D eigenvalue weighted by Gasteiger charge is -2.23. The number of aliphatic hydroxyl groups excluding tert-OH is 1. The van der Waals surface area contributed by atoms with Crippen molar-refractivity contribution in [2.45, 2.75) is 12.1 Å². The van der Waals surface area contributed by atoms with Crippen molar-refractivity contribution in [3.8, 4) is 0 Å². The highest BCUT2D eigenvalue weighted by atomic mass is 32.2. The molecule has 2 rings (SSSR count). The molecule has 0 radical (unpaired) electrons. The van der Waals surface area contributed by atoms with Crippen molar-refractivity contribution in [3.05, 3.63) is 35.6 Å². The molecule has 1 aromatic carbocycles. The van der Waals surface area contributed by atoms with Crippen molar-refractivity contribution in [1.29, 1.82) is 0 Å². The Kier molecular flexibility index (Phi) is 5.82. The summed E-state index contributed by atoms with van der Waals surface area (Å²) in [6.45, 7) is 0.0392. The van der Waals surface area contributed by atoms with Crippen molar-refractivity contribution in [2.24, 2.45) is 0 Å². The van der Waals surface area contributed by atoms with Crippen LogP contribution in [0.15, 0.2) is 24.3 Å². The number of aliphatic hydroxyl groups is 1. The fourth-order valence-corrected chi connectivity index (χ4v) is 4.37. The van der Waals surface area contributed by atoms with Gasteiger partial charge in [-0.15, -0.1) is 0 Å². The lowest BCUT2D eigenvalue weighted by Crippen LogP contribution is -2.38. The maximum Gasteiger partial charge on any atom is 0.123 e. The first-order valence-corrected chi connectivity index (χ1v) is 8.38. The summed E-state index contributed by atoms with van der Waals surface area (Å²) in [4.78, 5) is 0. The maximum atomic E-state index is 12.9. The number of hydrogen-bond donors (Lipinski definition) is 2. The van der Waals surface area contributed by atoms with Crippen LogP contribution in [0.1, 0.15) is 11.6 Å². The second kappa shape index (κ2) is 7.38. The van der Waals surface area contributed by atoms with Gasteiger partial charge in [0.2, 0.25) is 0 Å². The summed E-state index contributed by atoms with van der Waals surface area (Å²) in [5.74, 6) is 4.30. The minimum Gasteiger partial charge on any atom is -0.394 e. The molecular formula is C13H18FNOS2. The van der Waals surface area contributed by atoms with Crippen LogP contribution in [-0.2, 0) is 0 Å². The van der Waals surface area contributed by atoms with Crippen LogP contribution >= 0.6 is 23.5 Å². The van der Waals surface area contributed by atoms with Gasteiger partial charge in [0.15, 0.2) is 0 Å². The van der Waals surface area contributed by atoms with E-state index < -0.39 is 0 Å². The fraction of sp³-hybridized carbons (Fsp3) is 0.538. The van der Waals surface area contributed by atoms with Gasteiger partial charge in [0.1, 0.15) is 5.82 Å². The summed E-state index contributed by atoms with van der Waals surface area (Å²) >= 11 is 3.90. The van der Waals surface area contributed by atoms with Crippen LogP contribution in [-0.4, -0.2) is 40.8 Å². The zero-order valence-electron chi connectivity index (χ0n) is 10.1. The normalized spacial score (nSPS) is 19.4. The fourth-order valence-electron chi connectivity index (χ4n) is 1.95. The topological polar surface area (TPSA) is 32.3 Å². The minimum atomic E-state index is -0.240. The van der Waals surface area contributed by atoms with E-state index in [2.05, 4.69) is 5.32 Å². The van der Waals surface area contributed by atoms with E-state index in [0.29, 0.717) is 6.04 Å². The molecule has 0 unspecified atom stereocenters. The standard InChI is InChI=1S/C13H18FNOS2/c14-11-3-1-10(2-4-11)13(7-16)15-12-8-17-5-6-18-9-12/h1-4,12-13,15-16H,5-9H2/t13-/m0/s1. The molecule has 1 fully saturated rings. The van der Waals surface area contributed by atoms with Crippen LogP contribution in [0.2, 0.25) is 0 Å². The van der Waals surface area contributed by atoms with Gasteiger partial charge in [0.05, 0.1) is 12.6 Å². The van der Waals surface area contributed by atoms with Gasteiger partial charge in [-0.2, -0.15) is 23.5 Å². The summed E-state index contributed by atoms with van der Waals surface area (Å²) < 4.78 is 12.9. The number of hydrogen-bond acceptors (Lipinski definition) is 4. The average Bonchev–Trinajstić information content (AvgIpc) is 2.66. The first-order valence-electron chi connectivity index (χ1n) is 6.07. The van der Waals surface area contributed by atoms with E-state index in [4.69, 9.17) is 0 Å². The zero-order chi connectivity index (χ0) is 12.8. The summed E-state index contributed by atoms with van der Waals surface area (Å²) in [5.41, 5.74) is 0.943. The van der Waals surface area contributed by atoms with Gasteiger partial charge in [-0.25, -0.2) is 4.39 Å². The minimum absolute atomic E-state index is 0.0392. The Bertz CT molecular complexity index is 353. The second-order valence-corrected chi connectivity index (χ2v) is 6.60. The Hall–Kier alpha value is -0.230. The van der Waals surface area contributed by atoms with E-state index in [1.807, 2.05) is 23.5 Å². The van der Waals surface area contributed by atoms with E-state index in [1.54, 1.807) is 12.1 Å². The van der Waals surface area contributed by atoms with Gasteiger partial charge in [0.25, 0.3) is 0 Å². The highest BCUT2D eigenvalue weighted by Crippen LogP contribution is 2.20. The predicted molar refractivity (Wildman–Crippen MR) is 77.8 cm³/mol. The number of thioether (sulfide) groups is 2. The van der Waals surface area contributed by atoms with E-state index >= 15 is 0 Å². The smallest absolute Gasteiger partial charge is 0.123 e. The van der Waals surface area contributed by atoms with E-state index in [0.717, 1.165) is 17.1 Å². The summed E-state index contributed by atoms with van der Waals surface area (Å²) in [6.07, 6.45) is 0. The summed E-state index contributed by atoms with van der Waals surface area (Å²) in [5, 5.41) is 12.9. The lowest BCUT2D eigenvalue weighted by atomic mass is 10.1. The molecular weight excluding hydrogens is 269 g/mol. The molecule has 100 valence electrons. The van der Waals surface area contributed by atoms with Crippen LogP contribution in [0.3, 0.4) is 0 Å². The highest BCUT2D eigenvalue weighted by Gasteiger charge is 2.18. The van der Waals surface area contributed by atoms with Gasteiger partial charge in [0, 0.05) is 29.1 Å². The van der Waals surface area contributed by atoms with Crippen LogP contribution in [0, 0.1) is 5.82 Å². The first-order chi connectivity index (χ1) is 8.79. The monoisotopic (exact) mass is 287 g/mol. The summed E-state index contributed by atoms with van der Waals surface area (Å²) in [6, 6.07) is 6.66. The Morgan fingerprint density at radius 1 is 1.22 bits per heavy atom. The number of rotatable bonds is 4. The second-order valence-electron chi connectivity index (χ2n) is 4.30. The van der Waals surface area contributed by atoms with Gasteiger partial charge >= 0.3 is 0 Å². The van der Waals surface area contributed by atoms with Crippen molar-refractivity contribution < 1.29 is 9.50 Å². The van der Waals surface area contributed by atoms with Crippen LogP contribution in [0.25, 0.3) is 0 Å². The third-order valence-electron chi connectivity index (χ3n) is 2.90. The van der Waals surface area contributed by atoms with E-state index in [9.17, 15) is 9.50 Å². The molecule has 1 saturated heterocycles. The quantitative estimate of drug-likeness (QED) is 0.890. The number of nitrogens with one attached hydrogen (secondary N) is 1. The molecule has 1 aliphatic rings. The zero-order valence-corrected chi connectivity index (χ0v) is 11.8. The van der Waals surface area contributed by atoms with Crippen molar-refractivity contribution in [2.75, 3.05) is 29.6 Å². The first kappa shape index (κ1) is 14.2. The Labute approximate surface area is 116 Å². The SMILES string of the molecule is OC[C@H](NC1CSCCSC1)c1ccc(F)cc1. The van der Waals surface area contributed by atoms with Crippen molar-refractivity contribution in [1.82, 2.24) is 5.32 Å². The number of halogens is 1. The largest absolute Gasteiger partial charge is 0.394 e. The Balaban J connectivity index is 1.97. The van der Waals surface area contributed by atoms with E-state index in [1.165, 1.54) is 23.6 Å². The molecule has 0 aromatic heterocycles. The van der Waals surface area contributed by atoms with Crippen LogP contribution < -0.4 is 5.32 Å². The molecule has 0 bridgehead atoms. The molecule has 1 heterocycles. The third-order valence-corrected chi connectivity index (χ3v) is 5.42. The Morgan fingerprint density at radius 3 is 2.39 bits per heavy atom. The van der Waals surface area contributed by atoms with Gasteiger partial charge in [-0.3, -0.25) is 0 Å². The predicted octanol–water partition coefficient (Wildman–Crippen LogP) is 2.30. The molecule has 0 spiro atoms. The highest BCUT2D eigenvalue weighted by molar-refractivity contribution is 8.03. The van der Waals surface area contributed by atoms with Crippen molar-refractivity contribution in [3.63, 3.8) is 0 Å². The van der Waals surface area contributed by atoms with Crippen LogP contribution in [0.5, 0.6) is 0 Å². The average molecular weight is 287 g/mol. The third kappa shape index (κ3) is 4.16. The van der Waals surface area contributed by atoms with Crippen molar-refractivity contribution >= 4 is 23.5 Å². The molecule has 5 heteroatoms. The van der Waals surface area contributed by atoms with E-state index in [-0.39, 0.29) is 18.5 Å². The molecule has 0 aliphatic carbocycles. The molecule has 0 saturated carbocycles. The molecule has 1 aromatic rings. The molecule has 1 atom stereocenters. The van der Waals surface area contributed by atoms with Gasteiger partial charge < -0.3 is 10.4 Å². The van der Waals surface area contributed by atoms with Gasteiger partial charge in [-0.1, -0.05) is 12.1 Å². The molecule has 2 N–H and O–H groups in total. The van der Waals surface area contributed by atoms with Crippen LogP contribution in [0.4, 0.5) is 4.39 Å². The molecule has 18 heavy (non-hydrogen) atoms. The van der Waals surface area contributed by atoms with Gasteiger partial charge in [-0.05, 0) is 17.7 Å². The Morgan fingerprint density at radius 2 is 1.83 bits per heavy atom. The molecule has 1 aliphatic heterocycles. The number of benzene rings is 1. The maximum absolute atomic E-state index is 12.9.